The fourth-order valence-corrected chi connectivity index (χ4v) is 4.92. The maximum atomic E-state index is 13.2. The minimum Gasteiger partial charge on any atom is -0.469 e. The van der Waals surface area contributed by atoms with Crippen molar-refractivity contribution in [2.24, 2.45) is 0 Å². The highest BCUT2D eigenvalue weighted by Crippen LogP contribution is 2.55. The predicted octanol–water partition coefficient (Wildman–Crippen LogP) is 5.04. The van der Waals surface area contributed by atoms with Gasteiger partial charge in [-0.15, -0.1) is 0 Å². The van der Waals surface area contributed by atoms with Gasteiger partial charge in [0.05, 0.1) is 32.8 Å². The first kappa shape index (κ1) is 26.9. The molecule has 9 nitrogen and oxygen atoms in total. The number of aromatic nitrogens is 1. The van der Waals surface area contributed by atoms with Gasteiger partial charge in [-0.2, -0.15) is 0 Å². The fourth-order valence-electron chi connectivity index (χ4n) is 4.92. The number of nitrogens with zero attached hydrogens (tertiary/aromatic N) is 1. The summed E-state index contributed by atoms with van der Waals surface area (Å²) in [6.45, 7) is 2.21. The lowest BCUT2D eigenvalue weighted by molar-refractivity contribution is -0.256. The molecule has 2 aromatic heterocycles. The topological polar surface area (TPSA) is 110 Å². The fraction of sp³-hybridized carbons (Fsp3) is 0.654. The lowest BCUT2D eigenvalue weighted by atomic mass is 9.81. The summed E-state index contributed by atoms with van der Waals surface area (Å²) in [6, 6.07) is 3.45. The number of hydrogen-bond donors (Lipinski definition) is 0. The van der Waals surface area contributed by atoms with Crippen LogP contribution in [0.25, 0.3) is 0 Å². The number of furan rings is 1. The number of carbonyl (C=O) groups is 2. The summed E-state index contributed by atoms with van der Waals surface area (Å²) in [6.07, 6.45) is 11.9. The van der Waals surface area contributed by atoms with Crippen molar-refractivity contribution >= 4 is 11.9 Å². The number of rotatable bonds is 14. The van der Waals surface area contributed by atoms with E-state index in [1.807, 2.05) is 0 Å². The van der Waals surface area contributed by atoms with Crippen molar-refractivity contribution in [2.75, 3.05) is 21.3 Å². The van der Waals surface area contributed by atoms with Crippen LogP contribution in [0.3, 0.4) is 0 Å². The maximum Gasteiger partial charge on any atom is 0.339 e. The molecule has 0 saturated carbocycles. The van der Waals surface area contributed by atoms with Gasteiger partial charge >= 0.3 is 11.9 Å². The zero-order valence-corrected chi connectivity index (χ0v) is 21.2. The van der Waals surface area contributed by atoms with Crippen molar-refractivity contribution in [2.45, 2.75) is 88.4 Å². The molecule has 0 spiro atoms. The van der Waals surface area contributed by atoms with Gasteiger partial charge < -0.3 is 27.9 Å². The van der Waals surface area contributed by atoms with Crippen molar-refractivity contribution in [1.82, 2.24) is 5.16 Å². The van der Waals surface area contributed by atoms with E-state index in [1.165, 1.54) is 59.7 Å². The van der Waals surface area contributed by atoms with Crippen LogP contribution in [0.5, 0.6) is 0 Å². The van der Waals surface area contributed by atoms with E-state index in [9.17, 15) is 9.59 Å². The average Bonchev–Trinajstić information content (AvgIpc) is 3.62. The molecule has 1 fully saturated rings. The van der Waals surface area contributed by atoms with Crippen molar-refractivity contribution < 1.29 is 37.5 Å². The van der Waals surface area contributed by atoms with Crippen LogP contribution in [0.15, 0.2) is 33.6 Å². The van der Waals surface area contributed by atoms with Gasteiger partial charge in [-0.3, -0.25) is 4.79 Å². The summed E-state index contributed by atoms with van der Waals surface area (Å²) in [5.41, 5.74) is -0.430. The molecule has 3 heterocycles. The Hall–Kier alpha value is -2.65. The minimum atomic E-state index is -1.73. The number of methoxy groups -OCH3 is 3. The second-order valence-electron chi connectivity index (χ2n) is 9.02. The molecular weight excluding hydrogens is 454 g/mol. The van der Waals surface area contributed by atoms with Gasteiger partial charge in [0.25, 0.3) is 0 Å². The lowest BCUT2D eigenvalue weighted by Crippen LogP contribution is -2.47. The third-order valence-electron chi connectivity index (χ3n) is 6.82. The summed E-state index contributed by atoms with van der Waals surface area (Å²) >= 11 is 0. The van der Waals surface area contributed by atoms with E-state index < -0.39 is 29.2 Å². The van der Waals surface area contributed by atoms with Gasteiger partial charge in [-0.1, -0.05) is 50.6 Å². The molecule has 0 bridgehead atoms. The monoisotopic (exact) mass is 491 g/mol. The molecule has 0 radical (unpaired) electrons. The summed E-state index contributed by atoms with van der Waals surface area (Å²) in [5, 5.41) is 4.22. The van der Waals surface area contributed by atoms with Gasteiger partial charge in [0.2, 0.25) is 5.79 Å². The largest absolute Gasteiger partial charge is 0.469 e. The van der Waals surface area contributed by atoms with Crippen LogP contribution in [-0.2, 0) is 40.7 Å². The van der Waals surface area contributed by atoms with Crippen LogP contribution in [0, 0.1) is 0 Å². The Morgan fingerprint density at radius 3 is 2.46 bits per heavy atom. The zero-order valence-electron chi connectivity index (χ0n) is 21.2. The first-order valence-corrected chi connectivity index (χ1v) is 12.3. The summed E-state index contributed by atoms with van der Waals surface area (Å²) < 4.78 is 33.3. The molecule has 1 saturated heterocycles. The minimum absolute atomic E-state index is 0.166. The molecule has 35 heavy (non-hydrogen) atoms. The van der Waals surface area contributed by atoms with Crippen LogP contribution in [0.1, 0.15) is 87.6 Å². The third kappa shape index (κ3) is 5.78. The maximum absolute atomic E-state index is 13.2. The molecule has 0 amide bonds. The van der Waals surface area contributed by atoms with E-state index in [-0.39, 0.29) is 12.8 Å². The predicted molar refractivity (Wildman–Crippen MR) is 125 cm³/mol. The number of aryl methyl sites for hydroxylation is 1. The molecule has 194 valence electrons. The van der Waals surface area contributed by atoms with Crippen molar-refractivity contribution in [3.05, 3.63) is 41.7 Å². The Bertz CT molecular complexity index is 939. The summed E-state index contributed by atoms with van der Waals surface area (Å²) in [7, 11) is 3.99. The Balaban J connectivity index is 1.89. The number of hydrogen-bond acceptors (Lipinski definition) is 9. The van der Waals surface area contributed by atoms with Crippen LogP contribution in [-0.4, -0.2) is 44.0 Å². The Morgan fingerprint density at radius 2 is 1.83 bits per heavy atom. The highest BCUT2D eigenvalue weighted by atomic mass is 16.7. The molecular formula is C26H37NO8. The highest BCUT2D eigenvalue weighted by Gasteiger charge is 2.65. The second kappa shape index (κ2) is 12.4. The molecule has 3 rings (SSSR count). The van der Waals surface area contributed by atoms with Crippen LogP contribution >= 0.6 is 0 Å². The van der Waals surface area contributed by atoms with E-state index in [1.54, 1.807) is 18.4 Å². The van der Waals surface area contributed by atoms with Crippen LogP contribution < -0.4 is 0 Å². The number of carbonyl (C=O) groups excluding carboxylic acids is 2. The molecule has 9 heteroatoms. The van der Waals surface area contributed by atoms with Gasteiger partial charge in [-0.05, 0) is 25.0 Å². The SMILES string of the molecule is CCCCCCCCCc1conc1C1(OC)C[C@H](c2ccco2)[C@@](CC(=O)OC)(C(=O)OC)O1. The third-order valence-corrected chi connectivity index (χ3v) is 6.82. The Morgan fingerprint density at radius 1 is 1.09 bits per heavy atom. The van der Waals surface area contributed by atoms with E-state index in [0.717, 1.165) is 24.8 Å². The first-order chi connectivity index (χ1) is 17.0. The molecule has 2 aromatic rings. The molecule has 0 aromatic carbocycles. The van der Waals surface area contributed by atoms with E-state index in [0.29, 0.717) is 11.5 Å². The normalized spacial score (nSPS) is 23.9. The van der Waals surface area contributed by atoms with E-state index in [2.05, 4.69) is 12.1 Å². The van der Waals surface area contributed by atoms with E-state index >= 15 is 0 Å². The van der Waals surface area contributed by atoms with E-state index in [4.69, 9.17) is 27.9 Å². The smallest absolute Gasteiger partial charge is 0.339 e. The lowest BCUT2D eigenvalue weighted by Gasteiger charge is -2.32. The molecule has 1 aliphatic rings. The van der Waals surface area contributed by atoms with Crippen LogP contribution in [0.4, 0.5) is 0 Å². The van der Waals surface area contributed by atoms with Gasteiger partial charge in [0.1, 0.15) is 17.7 Å². The highest BCUT2D eigenvalue weighted by molar-refractivity contribution is 5.87. The van der Waals surface area contributed by atoms with Gasteiger partial charge in [-0.25, -0.2) is 4.79 Å². The summed E-state index contributed by atoms with van der Waals surface area (Å²) in [4.78, 5) is 25.6. The molecule has 3 atom stereocenters. The Kier molecular flexibility index (Phi) is 9.51. The quantitative estimate of drug-likeness (QED) is 0.265. The van der Waals surface area contributed by atoms with Crippen molar-refractivity contribution in [3.8, 4) is 0 Å². The summed E-state index contributed by atoms with van der Waals surface area (Å²) in [5.74, 6) is -3.01. The molecule has 0 aliphatic carbocycles. The molecule has 0 N–H and O–H groups in total. The second-order valence-corrected chi connectivity index (χ2v) is 9.02. The average molecular weight is 492 g/mol. The number of unbranched alkanes of at least 4 members (excludes halogenated alkanes) is 6. The standard InChI is InChI=1S/C26H37NO8/c1-5-6-7-8-9-10-11-13-19-18-34-27-23(19)26(32-4)16-20(21-14-12-15-33-21)25(35-26,24(29)31-3)17-22(28)30-2/h12,14-15,18,20H,5-11,13,16-17H2,1-4H3/t20-,25+,26?/m1/s1. The van der Waals surface area contributed by atoms with Gasteiger partial charge in [0.15, 0.2) is 5.60 Å². The number of ether oxygens (including phenoxy) is 4. The molecule has 1 aliphatic heterocycles. The Labute approximate surface area is 206 Å². The zero-order chi connectivity index (χ0) is 25.3. The van der Waals surface area contributed by atoms with Crippen molar-refractivity contribution in [3.63, 3.8) is 0 Å². The van der Waals surface area contributed by atoms with Gasteiger partial charge in [0, 0.05) is 19.1 Å². The number of esters is 2. The van der Waals surface area contributed by atoms with Crippen LogP contribution in [0.2, 0.25) is 0 Å². The first-order valence-electron chi connectivity index (χ1n) is 12.3. The van der Waals surface area contributed by atoms with Crippen molar-refractivity contribution in [1.29, 1.82) is 0 Å². The molecule has 1 unspecified atom stereocenters.